The van der Waals surface area contributed by atoms with Gasteiger partial charge in [0.05, 0.1) is 12.7 Å². The number of hydrogen-bond donors (Lipinski definition) is 2. The first-order valence-corrected chi connectivity index (χ1v) is 6.83. The molecule has 6 heteroatoms. The van der Waals surface area contributed by atoms with Gasteiger partial charge in [0.25, 0.3) is 0 Å². The number of nitrogens with two attached hydrogens (primary N) is 1. The van der Waals surface area contributed by atoms with Crippen molar-refractivity contribution in [2.45, 2.75) is 25.3 Å². The van der Waals surface area contributed by atoms with Crippen LogP contribution in [-0.2, 0) is 14.3 Å². The lowest BCUT2D eigenvalue weighted by atomic mass is 9.90. The van der Waals surface area contributed by atoms with Crippen LogP contribution in [0.5, 0.6) is 0 Å². The summed E-state index contributed by atoms with van der Waals surface area (Å²) in [5.74, 6) is -0.692. The number of rotatable bonds is 3. The Morgan fingerprint density at radius 3 is 2.62 bits per heavy atom. The van der Waals surface area contributed by atoms with Gasteiger partial charge in [0, 0.05) is 18.9 Å². The molecule has 0 aromatic heterocycles. The molecule has 2 rings (SSSR count). The maximum atomic E-state index is 12.3. The Hall–Kier alpha value is -1.92. The van der Waals surface area contributed by atoms with Gasteiger partial charge in [0.15, 0.2) is 0 Å². The van der Waals surface area contributed by atoms with Crippen LogP contribution in [0.1, 0.15) is 28.8 Å². The number of hydrogen-bond acceptors (Lipinski definition) is 5. The second-order valence-electron chi connectivity index (χ2n) is 5.24. The van der Waals surface area contributed by atoms with Crippen molar-refractivity contribution in [2.75, 3.05) is 25.6 Å². The van der Waals surface area contributed by atoms with Crippen LogP contribution in [0.15, 0.2) is 18.2 Å². The predicted octanol–water partition coefficient (Wildman–Crippen LogP) is 1.23. The van der Waals surface area contributed by atoms with Crippen LogP contribution in [0.4, 0.5) is 5.69 Å². The Labute approximate surface area is 123 Å². The monoisotopic (exact) mass is 292 g/mol. The molecule has 1 heterocycles. The van der Waals surface area contributed by atoms with E-state index in [1.807, 2.05) is 0 Å². The third-order valence-electron chi connectivity index (χ3n) is 3.74. The molecule has 114 valence electrons. The number of carbonyl (C=O) groups is 2. The number of amides is 1. The Morgan fingerprint density at radius 1 is 1.33 bits per heavy atom. The third kappa shape index (κ3) is 3.40. The first-order chi connectivity index (χ1) is 9.96. The lowest BCUT2D eigenvalue weighted by Gasteiger charge is -2.31. The molecule has 3 N–H and O–H groups in total. The van der Waals surface area contributed by atoms with Gasteiger partial charge in [0.2, 0.25) is 5.91 Å². The lowest BCUT2D eigenvalue weighted by Crippen LogP contribution is -2.54. The van der Waals surface area contributed by atoms with Crippen molar-refractivity contribution in [1.29, 1.82) is 0 Å². The predicted molar refractivity (Wildman–Crippen MR) is 78.1 cm³/mol. The van der Waals surface area contributed by atoms with Crippen LogP contribution in [0.25, 0.3) is 0 Å². The van der Waals surface area contributed by atoms with E-state index in [0.717, 1.165) is 5.56 Å². The van der Waals surface area contributed by atoms with Gasteiger partial charge in [-0.25, -0.2) is 4.79 Å². The maximum absolute atomic E-state index is 12.3. The van der Waals surface area contributed by atoms with Crippen molar-refractivity contribution < 1.29 is 19.1 Å². The highest BCUT2D eigenvalue weighted by molar-refractivity contribution is 5.99. The van der Waals surface area contributed by atoms with Gasteiger partial charge in [-0.2, -0.15) is 0 Å². The van der Waals surface area contributed by atoms with Crippen LogP contribution in [0.2, 0.25) is 0 Å². The average Bonchev–Trinajstić information content (AvgIpc) is 2.49. The van der Waals surface area contributed by atoms with E-state index in [9.17, 15) is 9.59 Å². The summed E-state index contributed by atoms with van der Waals surface area (Å²) in [6.07, 6.45) is 0.961. The molecular formula is C15H20N2O4. The van der Waals surface area contributed by atoms with Gasteiger partial charge < -0.3 is 20.5 Å². The summed E-state index contributed by atoms with van der Waals surface area (Å²) >= 11 is 0. The minimum Gasteiger partial charge on any atom is -0.465 e. The van der Waals surface area contributed by atoms with E-state index in [0.29, 0.717) is 37.3 Å². The Balaban J connectivity index is 2.16. The molecule has 1 saturated heterocycles. The summed E-state index contributed by atoms with van der Waals surface area (Å²) in [4.78, 5) is 24.0. The topological polar surface area (TPSA) is 90.7 Å². The van der Waals surface area contributed by atoms with Crippen molar-refractivity contribution in [3.63, 3.8) is 0 Å². The molecule has 1 aromatic rings. The van der Waals surface area contributed by atoms with Crippen LogP contribution in [-0.4, -0.2) is 37.7 Å². The number of methoxy groups -OCH3 is 1. The van der Waals surface area contributed by atoms with Crippen molar-refractivity contribution in [1.82, 2.24) is 0 Å². The first-order valence-electron chi connectivity index (χ1n) is 6.83. The Bertz CT molecular complexity index is 551. The van der Waals surface area contributed by atoms with Gasteiger partial charge >= 0.3 is 5.97 Å². The van der Waals surface area contributed by atoms with E-state index in [2.05, 4.69) is 5.32 Å². The molecule has 21 heavy (non-hydrogen) atoms. The van der Waals surface area contributed by atoms with E-state index < -0.39 is 11.5 Å². The van der Waals surface area contributed by atoms with E-state index in [1.54, 1.807) is 25.1 Å². The van der Waals surface area contributed by atoms with Gasteiger partial charge in [-0.15, -0.1) is 0 Å². The number of carbonyl (C=O) groups excluding carboxylic acids is 2. The van der Waals surface area contributed by atoms with Crippen molar-refractivity contribution in [2.24, 2.45) is 5.73 Å². The third-order valence-corrected chi connectivity index (χ3v) is 3.74. The van der Waals surface area contributed by atoms with Crippen LogP contribution < -0.4 is 11.1 Å². The second-order valence-corrected chi connectivity index (χ2v) is 5.24. The highest BCUT2D eigenvalue weighted by Crippen LogP contribution is 2.22. The molecule has 0 radical (unpaired) electrons. The number of ether oxygens (including phenoxy) is 2. The van der Waals surface area contributed by atoms with E-state index in [-0.39, 0.29) is 5.91 Å². The fourth-order valence-corrected chi connectivity index (χ4v) is 2.25. The minimum absolute atomic E-state index is 0.259. The van der Waals surface area contributed by atoms with Gasteiger partial charge in [-0.1, -0.05) is 6.07 Å². The number of anilines is 1. The number of aryl methyl sites for hydroxylation is 1. The average molecular weight is 292 g/mol. The van der Waals surface area contributed by atoms with E-state index >= 15 is 0 Å². The summed E-state index contributed by atoms with van der Waals surface area (Å²) in [6, 6.07) is 5.10. The molecule has 1 aliphatic heterocycles. The number of benzene rings is 1. The highest BCUT2D eigenvalue weighted by Gasteiger charge is 2.36. The molecule has 0 saturated carbocycles. The smallest absolute Gasteiger partial charge is 0.338 e. The quantitative estimate of drug-likeness (QED) is 0.818. The Kier molecular flexibility index (Phi) is 4.59. The molecule has 1 amide bonds. The number of esters is 1. The summed E-state index contributed by atoms with van der Waals surface area (Å²) in [6.45, 7) is 2.76. The highest BCUT2D eigenvalue weighted by atomic mass is 16.5. The summed E-state index contributed by atoms with van der Waals surface area (Å²) in [5, 5.41) is 2.77. The zero-order chi connectivity index (χ0) is 15.5. The van der Waals surface area contributed by atoms with E-state index in [1.165, 1.54) is 7.11 Å². The van der Waals surface area contributed by atoms with Crippen molar-refractivity contribution in [3.05, 3.63) is 29.3 Å². The molecule has 1 aliphatic rings. The fraction of sp³-hybridized carbons (Fsp3) is 0.467. The molecule has 1 fully saturated rings. The molecular weight excluding hydrogens is 272 g/mol. The molecule has 0 atom stereocenters. The summed E-state index contributed by atoms with van der Waals surface area (Å²) < 4.78 is 9.95. The van der Waals surface area contributed by atoms with Crippen molar-refractivity contribution in [3.8, 4) is 0 Å². The first kappa shape index (κ1) is 15.5. The normalized spacial score (nSPS) is 17.1. The van der Waals surface area contributed by atoms with Crippen molar-refractivity contribution >= 4 is 17.6 Å². The zero-order valence-electron chi connectivity index (χ0n) is 12.3. The molecule has 1 aromatic carbocycles. The van der Waals surface area contributed by atoms with Gasteiger partial charge in [-0.05, 0) is 37.5 Å². The van der Waals surface area contributed by atoms with E-state index in [4.69, 9.17) is 15.2 Å². The SMILES string of the molecule is COC(=O)c1cc(NC(=O)C2(N)CCOCC2)ccc1C. The van der Waals surface area contributed by atoms with Crippen LogP contribution >= 0.6 is 0 Å². The maximum Gasteiger partial charge on any atom is 0.338 e. The zero-order valence-corrected chi connectivity index (χ0v) is 12.3. The molecule has 0 bridgehead atoms. The second kappa shape index (κ2) is 6.24. The summed E-state index contributed by atoms with van der Waals surface area (Å²) in [5.41, 5.74) is 6.94. The number of nitrogens with one attached hydrogen (secondary N) is 1. The van der Waals surface area contributed by atoms with Crippen LogP contribution in [0.3, 0.4) is 0 Å². The molecule has 0 aliphatic carbocycles. The van der Waals surface area contributed by atoms with Crippen LogP contribution in [0, 0.1) is 6.92 Å². The summed E-state index contributed by atoms with van der Waals surface area (Å²) in [7, 11) is 1.32. The molecule has 0 spiro atoms. The molecule has 6 nitrogen and oxygen atoms in total. The van der Waals surface area contributed by atoms with Gasteiger partial charge in [-0.3, -0.25) is 4.79 Å². The lowest BCUT2D eigenvalue weighted by molar-refractivity contribution is -0.124. The standard InChI is InChI=1S/C15H20N2O4/c1-10-3-4-11(9-12(10)13(18)20-2)17-14(19)15(16)5-7-21-8-6-15/h3-4,9H,5-8,16H2,1-2H3,(H,17,19). The largest absolute Gasteiger partial charge is 0.465 e. The van der Waals surface area contributed by atoms with Gasteiger partial charge in [0.1, 0.15) is 5.54 Å². The minimum atomic E-state index is -0.922. The fourth-order valence-electron chi connectivity index (χ4n) is 2.25. The Morgan fingerprint density at radius 2 is 2.00 bits per heavy atom. The molecule has 0 unspecified atom stereocenters.